The molecule has 0 N–H and O–H groups in total. The van der Waals surface area contributed by atoms with E-state index in [9.17, 15) is 0 Å². The molecule has 0 spiro atoms. The fourth-order valence-electron chi connectivity index (χ4n) is 4.47. The number of ether oxygens (including phenoxy) is 2. The Bertz CT molecular complexity index is 1050. The molecular formula is C24H25NO2S. The monoisotopic (exact) mass is 391 g/mol. The number of anilines is 1. The van der Waals surface area contributed by atoms with Gasteiger partial charge in [0, 0.05) is 33.8 Å². The molecule has 0 saturated heterocycles. The van der Waals surface area contributed by atoms with Crippen molar-refractivity contribution in [3.63, 3.8) is 0 Å². The molecule has 0 unspecified atom stereocenters. The maximum Gasteiger partial charge on any atom is 0.134 e. The van der Waals surface area contributed by atoms with E-state index in [1.54, 1.807) is 7.11 Å². The minimum absolute atomic E-state index is 0.620. The predicted octanol–water partition coefficient (Wildman–Crippen LogP) is 6.40. The van der Waals surface area contributed by atoms with E-state index in [1.165, 1.54) is 46.3 Å². The second kappa shape index (κ2) is 7.17. The number of hydrogen-bond donors (Lipinski definition) is 0. The van der Waals surface area contributed by atoms with Crippen molar-refractivity contribution in [2.75, 3.05) is 18.6 Å². The predicted molar refractivity (Wildman–Crippen MR) is 118 cm³/mol. The van der Waals surface area contributed by atoms with Gasteiger partial charge in [-0.1, -0.05) is 12.8 Å². The summed E-state index contributed by atoms with van der Waals surface area (Å²) in [5.41, 5.74) is 2.39. The Kier molecular flexibility index (Phi) is 4.52. The summed E-state index contributed by atoms with van der Waals surface area (Å²) in [5, 5.41) is 1.28. The van der Waals surface area contributed by atoms with Gasteiger partial charge in [0.05, 0.1) is 12.8 Å². The van der Waals surface area contributed by atoms with E-state index in [1.807, 2.05) is 17.4 Å². The van der Waals surface area contributed by atoms with Crippen LogP contribution in [0.3, 0.4) is 0 Å². The molecule has 4 heteroatoms. The minimum Gasteiger partial charge on any atom is -0.497 e. The summed E-state index contributed by atoms with van der Waals surface area (Å²) in [6.45, 7) is 3.04. The van der Waals surface area contributed by atoms with Crippen molar-refractivity contribution in [2.24, 2.45) is 0 Å². The van der Waals surface area contributed by atoms with Crippen LogP contribution < -0.4 is 14.4 Å². The number of hydrogen-bond acceptors (Lipinski definition) is 4. The molecule has 2 heterocycles. The van der Waals surface area contributed by atoms with Crippen LogP contribution in [0.25, 0.3) is 15.8 Å². The van der Waals surface area contributed by atoms with Gasteiger partial charge >= 0.3 is 0 Å². The third-order valence-corrected chi connectivity index (χ3v) is 6.87. The van der Waals surface area contributed by atoms with Crippen LogP contribution in [0.5, 0.6) is 11.5 Å². The molecule has 0 amide bonds. The Balaban J connectivity index is 1.49. The summed E-state index contributed by atoms with van der Waals surface area (Å²) in [4.78, 5) is 3.86. The highest BCUT2D eigenvalue weighted by atomic mass is 32.1. The fraction of sp³-hybridized carbons (Fsp3) is 0.333. The van der Waals surface area contributed by atoms with Crippen molar-refractivity contribution < 1.29 is 9.47 Å². The van der Waals surface area contributed by atoms with E-state index in [0.717, 1.165) is 29.4 Å². The van der Waals surface area contributed by atoms with E-state index in [0.29, 0.717) is 6.04 Å². The molecule has 0 bridgehead atoms. The number of aryl methyl sites for hydroxylation is 1. The Hall–Kier alpha value is -2.46. The Labute approximate surface area is 170 Å². The molecule has 1 aliphatic carbocycles. The average molecular weight is 392 g/mol. The highest BCUT2D eigenvalue weighted by Gasteiger charge is 2.28. The van der Waals surface area contributed by atoms with E-state index >= 15 is 0 Å². The second-order valence-electron chi connectivity index (χ2n) is 7.70. The molecule has 144 valence electrons. The zero-order valence-electron chi connectivity index (χ0n) is 16.4. The van der Waals surface area contributed by atoms with E-state index in [2.05, 4.69) is 54.3 Å². The fourth-order valence-corrected chi connectivity index (χ4v) is 5.42. The largest absolute Gasteiger partial charge is 0.497 e. The number of thiophene rings is 1. The van der Waals surface area contributed by atoms with Crippen LogP contribution in [0.15, 0.2) is 48.5 Å². The van der Waals surface area contributed by atoms with Crippen LogP contribution in [0.1, 0.15) is 36.1 Å². The van der Waals surface area contributed by atoms with Crippen LogP contribution in [0.2, 0.25) is 0 Å². The first-order valence-corrected chi connectivity index (χ1v) is 10.9. The standard InChI is InChI=1S/C24H25NO2S/c1-16-13-17-7-8-20(15-24(17)28-16)27-23-11-12-25(18-5-3-4-6-18)22-14-19(26-2)9-10-21(22)23/h7-11,13-15,18H,3-6,12H2,1-2H3. The number of fused-ring (bicyclic) bond motifs is 2. The van der Waals surface area contributed by atoms with Crippen molar-refractivity contribution in [1.82, 2.24) is 0 Å². The van der Waals surface area contributed by atoms with Gasteiger partial charge < -0.3 is 14.4 Å². The average Bonchev–Trinajstić information content (AvgIpc) is 3.36. The molecule has 3 nitrogen and oxygen atoms in total. The molecule has 3 aromatic rings. The molecule has 28 heavy (non-hydrogen) atoms. The van der Waals surface area contributed by atoms with Crippen LogP contribution >= 0.6 is 11.3 Å². The third-order valence-electron chi connectivity index (χ3n) is 5.86. The van der Waals surface area contributed by atoms with Crippen LogP contribution in [0, 0.1) is 6.92 Å². The van der Waals surface area contributed by atoms with Gasteiger partial charge in [0.2, 0.25) is 0 Å². The summed E-state index contributed by atoms with van der Waals surface area (Å²) in [6, 6.07) is 15.5. The lowest BCUT2D eigenvalue weighted by Gasteiger charge is -2.35. The molecular weight excluding hydrogens is 366 g/mol. The molecule has 1 aliphatic heterocycles. The first kappa shape index (κ1) is 17.6. The van der Waals surface area contributed by atoms with Crippen LogP contribution in [0.4, 0.5) is 5.69 Å². The second-order valence-corrected chi connectivity index (χ2v) is 8.99. The lowest BCUT2D eigenvalue weighted by molar-refractivity contribution is 0.414. The van der Waals surface area contributed by atoms with Gasteiger partial charge in [0.25, 0.3) is 0 Å². The van der Waals surface area contributed by atoms with Crippen molar-refractivity contribution in [2.45, 2.75) is 38.6 Å². The zero-order valence-corrected chi connectivity index (χ0v) is 17.2. The summed E-state index contributed by atoms with van der Waals surface area (Å²) in [6.07, 6.45) is 7.43. The van der Waals surface area contributed by atoms with Gasteiger partial charge in [-0.25, -0.2) is 0 Å². The number of methoxy groups -OCH3 is 1. The van der Waals surface area contributed by atoms with Gasteiger partial charge in [-0.15, -0.1) is 11.3 Å². The number of nitrogens with zero attached hydrogens (tertiary/aromatic N) is 1. The maximum atomic E-state index is 6.38. The Morgan fingerprint density at radius 2 is 1.82 bits per heavy atom. The van der Waals surface area contributed by atoms with Crippen molar-refractivity contribution in [3.05, 3.63) is 59.0 Å². The normalized spacial score (nSPS) is 16.9. The van der Waals surface area contributed by atoms with Gasteiger partial charge in [-0.05, 0) is 67.6 Å². The topological polar surface area (TPSA) is 21.7 Å². The number of benzene rings is 2. The van der Waals surface area contributed by atoms with Gasteiger partial charge in [-0.3, -0.25) is 0 Å². The molecule has 0 atom stereocenters. The summed E-state index contributed by atoms with van der Waals surface area (Å²) >= 11 is 1.81. The molecule has 5 rings (SSSR count). The summed E-state index contributed by atoms with van der Waals surface area (Å²) in [5.74, 6) is 2.75. The smallest absolute Gasteiger partial charge is 0.134 e. The zero-order chi connectivity index (χ0) is 19.1. The van der Waals surface area contributed by atoms with Crippen molar-refractivity contribution in [3.8, 4) is 11.5 Å². The van der Waals surface area contributed by atoms with E-state index in [-0.39, 0.29) is 0 Å². The highest BCUT2D eigenvalue weighted by molar-refractivity contribution is 7.19. The minimum atomic E-state index is 0.620. The third kappa shape index (κ3) is 3.16. The van der Waals surface area contributed by atoms with Gasteiger partial charge in [0.1, 0.15) is 17.3 Å². The lowest BCUT2D eigenvalue weighted by atomic mass is 10.0. The van der Waals surface area contributed by atoms with Gasteiger partial charge in [0.15, 0.2) is 0 Å². The SMILES string of the molecule is COc1ccc2c(c1)N(C1CCCC1)CC=C2Oc1ccc2cc(C)sc2c1. The molecule has 1 fully saturated rings. The summed E-state index contributed by atoms with van der Waals surface area (Å²) < 4.78 is 13.2. The molecule has 2 aliphatic rings. The Morgan fingerprint density at radius 1 is 1.00 bits per heavy atom. The van der Waals surface area contributed by atoms with Crippen molar-refractivity contribution >= 4 is 32.9 Å². The molecule has 1 saturated carbocycles. The van der Waals surface area contributed by atoms with Gasteiger partial charge in [-0.2, -0.15) is 0 Å². The number of rotatable bonds is 4. The molecule has 0 radical (unpaired) electrons. The molecule has 1 aromatic heterocycles. The Morgan fingerprint density at radius 3 is 2.64 bits per heavy atom. The van der Waals surface area contributed by atoms with E-state index < -0.39 is 0 Å². The van der Waals surface area contributed by atoms with Crippen molar-refractivity contribution in [1.29, 1.82) is 0 Å². The van der Waals surface area contributed by atoms with Crippen LogP contribution in [-0.2, 0) is 0 Å². The molecule has 2 aromatic carbocycles. The lowest BCUT2D eigenvalue weighted by Crippen LogP contribution is -2.36. The summed E-state index contributed by atoms with van der Waals surface area (Å²) in [7, 11) is 1.73. The highest BCUT2D eigenvalue weighted by Crippen LogP contribution is 2.40. The first-order valence-electron chi connectivity index (χ1n) is 10.0. The van der Waals surface area contributed by atoms with E-state index in [4.69, 9.17) is 9.47 Å². The van der Waals surface area contributed by atoms with Crippen LogP contribution in [-0.4, -0.2) is 19.7 Å². The maximum absolute atomic E-state index is 6.38. The quantitative estimate of drug-likeness (QED) is 0.513. The first-order chi connectivity index (χ1) is 13.7.